The highest BCUT2D eigenvalue weighted by atomic mass is 16.5. The first-order valence-electron chi connectivity index (χ1n) is 12.7. The topological polar surface area (TPSA) is 85.1 Å². The van der Waals surface area contributed by atoms with Gasteiger partial charge in [0.1, 0.15) is 5.75 Å². The largest absolute Gasteiger partial charge is 0.424 e. The lowest BCUT2D eigenvalue weighted by molar-refractivity contribution is 0.273. The number of anilines is 1. The van der Waals surface area contributed by atoms with Crippen LogP contribution >= 0.6 is 0 Å². The number of nitrogens with zero attached hydrogens (tertiary/aromatic N) is 4. The lowest BCUT2D eigenvalue weighted by Gasteiger charge is -2.18. The number of hydrogen-bond acceptors (Lipinski definition) is 6. The lowest BCUT2D eigenvalue weighted by atomic mass is 10.1. The summed E-state index contributed by atoms with van der Waals surface area (Å²) in [4.78, 5) is 14.1. The minimum absolute atomic E-state index is 0.0495. The van der Waals surface area contributed by atoms with Crippen molar-refractivity contribution in [2.24, 2.45) is 0 Å². The highest BCUT2D eigenvalue weighted by Gasteiger charge is 2.19. The molecule has 0 fully saturated rings. The number of benzene rings is 3. The van der Waals surface area contributed by atoms with Crippen molar-refractivity contribution >= 4 is 17.0 Å². The van der Waals surface area contributed by atoms with E-state index in [-0.39, 0.29) is 18.7 Å². The molecule has 1 atom stereocenters. The summed E-state index contributed by atoms with van der Waals surface area (Å²) in [5, 5.41) is 13.6. The molecule has 5 aromatic rings. The second kappa shape index (κ2) is 10.4. The van der Waals surface area contributed by atoms with Crippen LogP contribution in [0.25, 0.3) is 11.2 Å². The van der Waals surface area contributed by atoms with Gasteiger partial charge in [-0.2, -0.15) is 9.97 Å². The van der Waals surface area contributed by atoms with E-state index in [1.54, 1.807) is 6.33 Å². The van der Waals surface area contributed by atoms with Crippen LogP contribution in [0.4, 0.5) is 5.82 Å². The molecular formula is C30H29N5O2. The summed E-state index contributed by atoms with van der Waals surface area (Å²) in [5.74, 6) is 1.27. The Hall–Kier alpha value is -4.23. The fraction of sp³-hybridized carbons (Fsp3) is 0.233. The molecule has 3 aromatic carbocycles. The number of aryl methyl sites for hydroxylation is 2. The predicted molar refractivity (Wildman–Crippen MR) is 144 cm³/mol. The van der Waals surface area contributed by atoms with E-state index in [0.717, 1.165) is 29.7 Å². The van der Waals surface area contributed by atoms with Gasteiger partial charge in [0.25, 0.3) is 0 Å². The summed E-state index contributed by atoms with van der Waals surface area (Å²) in [5.41, 5.74) is 6.31. The van der Waals surface area contributed by atoms with E-state index in [4.69, 9.17) is 14.7 Å². The van der Waals surface area contributed by atoms with Gasteiger partial charge in [-0.3, -0.25) is 0 Å². The van der Waals surface area contributed by atoms with Crippen LogP contribution in [0.1, 0.15) is 28.7 Å². The maximum Gasteiger partial charge on any atom is 0.326 e. The third-order valence-corrected chi connectivity index (χ3v) is 6.80. The Morgan fingerprint density at radius 3 is 2.43 bits per heavy atom. The molecule has 2 N–H and O–H groups in total. The third kappa shape index (κ3) is 5.17. The standard InChI is InChI=1S/C30H29N5O2/c36-19-25(16-21-8-3-1-4-9-21)32-28-27-29(35(20-31-27)18-22-10-5-2-6-11-22)34-30(33-28)37-26-15-14-23-12-7-13-24(23)17-26/h1-6,8-11,14-15,17,20,25,36H,7,12-13,16,18-19H2,(H,32,33,34)/t25-/m0/s1. The van der Waals surface area contributed by atoms with Crippen LogP contribution in [-0.2, 0) is 25.8 Å². The number of ether oxygens (including phenoxy) is 1. The molecule has 0 aliphatic heterocycles. The Kier molecular flexibility index (Phi) is 6.52. The van der Waals surface area contributed by atoms with Gasteiger partial charge >= 0.3 is 6.01 Å². The van der Waals surface area contributed by atoms with Crippen LogP contribution in [0, 0.1) is 0 Å². The van der Waals surface area contributed by atoms with Gasteiger partial charge in [0, 0.05) is 0 Å². The average Bonchev–Trinajstić information content (AvgIpc) is 3.56. The zero-order valence-corrected chi connectivity index (χ0v) is 20.5. The Morgan fingerprint density at radius 2 is 1.65 bits per heavy atom. The van der Waals surface area contributed by atoms with Gasteiger partial charge in [0.05, 0.1) is 25.5 Å². The first-order valence-corrected chi connectivity index (χ1v) is 12.7. The van der Waals surface area contributed by atoms with E-state index in [1.165, 1.54) is 17.5 Å². The van der Waals surface area contributed by atoms with Crippen LogP contribution in [-0.4, -0.2) is 37.3 Å². The monoisotopic (exact) mass is 491 g/mol. The highest BCUT2D eigenvalue weighted by molar-refractivity contribution is 5.83. The van der Waals surface area contributed by atoms with Crippen LogP contribution in [0.3, 0.4) is 0 Å². The molecule has 2 heterocycles. The van der Waals surface area contributed by atoms with Gasteiger partial charge in [0.2, 0.25) is 0 Å². The van der Waals surface area contributed by atoms with Gasteiger partial charge in [0.15, 0.2) is 17.0 Å². The molecule has 1 aliphatic carbocycles. The molecule has 0 amide bonds. The van der Waals surface area contributed by atoms with Crippen molar-refractivity contribution in [3.63, 3.8) is 0 Å². The summed E-state index contributed by atoms with van der Waals surface area (Å²) in [6.45, 7) is 0.575. The average molecular weight is 492 g/mol. The fourth-order valence-corrected chi connectivity index (χ4v) is 4.94. The molecule has 37 heavy (non-hydrogen) atoms. The number of nitrogens with one attached hydrogen (secondary N) is 1. The maximum atomic E-state index is 10.2. The number of imidazole rings is 1. The number of rotatable bonds is 9. The summed E-state index contributed by atoms with van der Waals surface area (Å²) >= 11 is 0. The van der Waals surface area contributed by atoms with Crippen molar-refractivity contribution in [2.45, 2.75) is 38.3 Å². The Bertz CT molecular complexity index is 1500. The van der Waals surface area contributed by atoms with Crippen molar-refractivity contribution in [2.75, 3.05) is 11.9 Å². The zero-order chi connectivity index (χ0) is 25.0. The summed E-state index contributed by atoms with van der Waals surface area (Å²) in [6, 6.07) is 26.5. The molecule has 2 aromatic heterocycles. The van der Waals surface area contributed by atoms with Crippen molar-refractivity contribution in [1.29, 1.82) is 0 Å². The number of aliphatic hydroxyl groups excluding tert-OH is 1. The quantitative estimate of drug-likeness (QED) is 0.296. The van der Waals surface area contributed by atoms with Crippen LogP contribution < -0.4 is 10.1 Å². The summed E-state index contributed by atoms with van der Waals surface area (Å²) < 4.78 is 8.19. The molecule has 0 unspecified atom stereocenters. The van der Waals surface area contributed by atoms with Gasteiger partial charge in [-0.15, -0.1) is 0 Å². The van der Waals surface area contributed by atoms with E-state index in [0.29, 0.717) is 29.9 Å². The number of hydrogen-bond donors (Lipinski definition) is 2. The SMILES string of the molecule is OC[C@H](Cc1ccccc1)Nc1nc(Oc2ccc3c(c2)CCC3)nc2c1ncn2Cc1ccccc1. The van der Waals surface area contributed by atoms with E-state index in [1.807, 2.05) is 47.0 Å². The highest BCUT2D eigenvalue weighted by Crippen LogP contribution is 2.30. The normalized spacial score (nSPS) is 13.4. The van der Waals surface area contributed by atoms with Crippen molar-refractivity contribution in [3.05, 3.63) is 107 Å². The third-order valence-electron chi connectivity index (χ3n) is 6.80. The second-order valence-electron chi connectivity index (χ2n) is 9.48. The molecule has 1 aliphatic rings. The Morgan fingerprint density at radius 1 is 0.892 bits per heavy atom. The first-order chi connectivity index (χ1) is 18.2. The molecular weight excluding hydrogens is 462 g/mol. The fourth-order valence-electron chi connectivity index (χ4n) is 4.94. The van der Waals surface area contributed by atoms with E-state index in [2.05, 4.69) is 46.7 Å². The summed E-state index contributed by atoms with van der Waals surface area (Å²) in [7, 11) is 0. The molecule has 6 rings (SSSR count). The molecule has 0 bridgehead atoms. The lowest BCUT2D eigenvalue weighted by Crippen LogP contribution is -2.27. The van der Waals surface area contributed by atoms with Crippen molar-refractivity contribution in [3.8, 4) is 11.8 Å². The zero-order valence-electron chi connectivity index (χ0n) is 20.5. The minimum Gasteiger partial charge on any atom is -0.424 e. The number of aliphatic hydroxyl groups is 1. The number of aromatic nitrogens is 4. The molecule has 186 valence electrons. The molecule has 0 saturated heterocycles. The Balaban J connectivity index is 1.35. The second-order valence-corrected chi connectivity index (χ2v) is 9.48. The molecule has 0 radical (unpaired) electrons. The van der Waals surface area contributed by atoms with Crippen molar-refractivity contribution < 1.29 is 9.84 Å². The Labute approximate surface area is 215 Å². The van der Waals surface area contributed by atoms with Crippen LogP contribution in [0.15, 0.2) is 85.2 Å². The van der Waals surface area contributed by atoms with Gasteiger partial charge in [-0.05, 0) is 60.1 Å². The van der Waals surface area contributed by atoms with Gasteiger partial charge in [-0.1, -0.05) is 66.7 Å². The van der Waals surface area contributed by atoms with Crippen molar-refractivity contribution in [1.82, 2.24) is 19.5 Å². The summed E-state index contributed by atoms with van der Waals surface area (Å²) in [6.07, 6.45) is 5.80. The van der Waals surface area contributed by atoms with E-state index >= 15 is 0 Å². The minimum atomic E-state index is -0.243. The number of fused-ring (bicyclic) bond motifs is 2. The first kappa shape index (κ1) is 23.2. The predicted octanol–water partition coefficient (Wildman–Crippen LogP) is 5.17. The smallest absolute Gasteiger partial charge is 0.326 e. The van der Waals surface area contributed by atoms with E-state index in [9.17, 15) is 5.11 Å². The van der Waals surface area contributed by atoms with Crippen LogP contribution in [0.2, 0.25) is 0 Å². The van der Waals surface area contributed by atoms with Gasteiger partial charge in [-0.25, -0.2) is 4.98 Å². The van der Waals surface area contributed by atoms with E-state index < -0.39 is 0 Å². The van der Waals surface area contributed by atoms with Crippen LogP contribution in [0.5, 0.6) is 11.8 Å². The molecule has 0 saturated carbocycles. The van der Waals surface area contributed by atoms with Gasteiger partial charge < -0.3 is 19.7 Å². The molecule has 7 nitrogen and oxygen atoms in total. The maximum absolute atomic E-state index is 10.2. The molecule has 0 spiro atoms. The molecule has 7 heteroatoms.